The van der Waals surface area contributed by atoms with E-state index in [9.17, 15) is 9.90 Å². The fraction of sp³-hybridized carbons (Fsp3) is 0.375. The summed E-state index contributed by atoms with van der Waals surface area (Å²) in [6, 6.07) is 17.8. The van der Waals surface area contributed by atoms with Gasteiger partial charge in [0.2, 0.25) is 5.91 Å². The highest BCUT2D eigenvalue weighted by molar-refractivity contribution is 5.80. The summed E-state index contributed by atoms with van der Waals surface area (Å²) < 4.78 is 10.9. The zero-order valence-corrected chi connectivity index (χ0v) is 17.8. The Kier molecular flexibility index (Phi) is 6.56. The van der Waals surface area contributed by atoms with Crippen LogP contribution in [0.4, 0.5) is 0 Å². The molecule has 1 fully saturated rings. The highest BCUT2D eigenvalue weighted by Gasteiger charge is 2.37. The molecule has 1 aliphatic heterocycles. The van der Waals surface area contributed by atoms with Crippen molar-refractivity contribution in [3.8, 4) is 5.75 Å². The Morgan fingerprint density at radius 2 is 1.97 bits per heavy atom. The molecule has 0 aliphatic carbocycles. The first kappa shape index (κ1) is 21.4. The highest BCUT2D eigenvalue weighted by Crippen LogP contribution is 2.21. The molecule has 0 saturated carbocycles. The maximum atomic E-state index is 12.5. The van der Waals surface area contributed by atoms with Crippen LogP contribution in [0.2, 0.25) is 0 Å². The molecule has 7 heteroatoms. The SMILES string of the molecule is COCC(=O)N1CCN(Cc2ccc3[nH]ccc3c2)CC(O)(COc2ccccc2)C1. The minimum absolute atomic E-state index is 0.000219. The second kappa shape index (κ2) is 9.51. The van der Waals surface area contributed by atoms with Gasteiger partial charge in [0.15, 0.2) is 0 Å². The largest absolute Gasteiger partial charge is 0.490 e. The molecule has 3 aromatic rings. The van der Waals surface area contributed by atoms with Gasteiger partial charge in [-0.05, 0) is 41.3 Å². The summed E-state index contributed by atoms with van der Waals surface area (Å²) in [5, 5.41) is 12.6. The van der Waals surface area contributed by atoms with Crippen LogP contribution in [0, 0.1) is 0 Å². The molecule has 7 nitrogen and oxygen atoms in total. The van der Waals surface area contributed by atoms with E-state index < -0.39 is 5.60 Å². The van der Waals surface area contributed by atoms with Crippen LogP contribution in [0.5, 0.6) is 5.75 Å². The molecule has 0 spiro atoms. The number of H-pyrrole nitrogens is 1. The van der Waals surface area contributed by atoms with Crippen LogP contribution in [0.1, 0.15) is 5.56 Å². The normalized spacial score (nSPS) is 20.0. The van der Waals surface area contributed by atoms with Crippen molar-refractivity contribution in [1.29, 1.82) is 0 Å². The van der Waals surface area contributed by atoms with Gasteiger partial charge in [0.25, 0.3) is 0 Å². The first-order valence-electron chi connectivity index (χ1n) is 10.5. The minimum atomic E-state index is -1.20. The van der Waals surface area contributed by atoms with Crippen molar-refractivity contribution < 1.29 is 19.4 Å². The maximum Gasteiger partial charge on any atom is 0.248 e. The van der Waals surface area contributed by atoms with Gasteiger partial charge in [0.05, 0.1) is 6.54 Å². The fourth-order valence-corrected chi connectivity index (χ4v) is 4.09. The van der Waals surface area contributed by atoms with Crippen molar-refractivity contribution in [2.24, 2.45) is 0 Å². The first-order chi connectivity index (χ1) is 15.0. The number of fused-ring (bicyclic) bond motifs is 1. The van der Waals surface area contributed by atoms with Crippen LogP contribution in [-0.2, 0) is 16.1 Å². The molecule has 164 valence electrons. The van der Waals surface area contributed by atoms with Crippen LogP contribution in [0.3, 0.4) is 0 Å². The number of aromatic nitrogens is 1. The van der Waals surface area contributed by atoms with E-state index in [-0.39, 0.29) is 25.7 Å². The standard InChI is InChI=1S/C24H29N3O4/c1-30-15-23(28)27-12-11-26(14-19-7-8-22-20(13-19)9-10-25-22)16-24(29,17-27)18-31-21-5-3-2-4-6-21/h2-10,13,25,29H,11-12,14-18H2,1H3. The Morgan fingerprint density at radius 1 is 1.13 bits per heavy atom. The number of β-amino-alcohol motifs (C(OH)–C–C–N with tert-alkyl or cyclic N) is 1. The Labute approximate surface area is 182 Å². The Bertz CT molecular complexity index is 1010. The van der Waals surface area contributed by atoms with Crippen molar-refractivity contribution in [2.75, 3.05) is 46.5 Å². The van der Waals surface area contributed by atoms with Gasteiger partial charge >= 0.3 is 0 Å². The zero-order chi connectivity index (χ0) is 21.7. The van der Waals surface area contributed by atoms with Gasteiger partial charge < -0.3 is 24.5 Å². The highest BCUT2D eigenvalue weighted by atomic mass is 16.5. The van der Waals surface area contributed by atoms with Gasteiger partial charge in [-0.3, -0.25) is 9.69 Å². The van der Waals surface area contributed by atoms with Crippen LogP contribution in [0.15, 0.2) is 60.8 Å². The maximum absolute atomic E-state index is 12.5. The number of aliphatic hydroxyl groups is 1. The minimum Gasteiger partial charge on any atom is -0.490 e. The third-order valence-corrected chi connectivity index (χ3v) is 5.58. The lowest BCUT2D eigenvalue weighted by Gasteiger charge is -2.33. The summed E-state index contributed by atoms with van der Waals surface area (Å²) in [6.07, 6.45) is 1.93. The lowest BCUT2D eigenvalue weighted by atomic mass is 10.0. The number of ether oxygens (including phenoxy) is 2. The average Bonchev–Trinajstić information content (AvgIpc) is 3.17. The predicted octanol–water partition coefficient (Wildman–Crippen LogP) is 2.27. The Morgan fingerprint density at radius 3 is 2.77 bits per heavy atom. The molecule has 31 heavy (non-hydrogen) atoms. The third-order valence-electron chi connectivity index (χ3n) is 5.58. The van der Waals surface area contributed by atoms with E-state index >= 15 is 0 Å². The van der Waals surface area contributed by atoms with Crippen molar-refractivity contribution in [1.82, 2.24) is 14.8 Å². The second-order valence-electron chi connectivity index (χ2n) is 8.18. The number of amides is 1. The molecule has 4 rings (SSSR count). The third kappa shape index (κ3) is 5.44. The number of nitrogens with zero attached hydrogens (tertiary/aromatic N) is 2. The van der Waals surface area contributed by atoms with E-state index in [0.717, 1.165) is 16.5 Å². The van der Waals surface area contributed by atoms with Gasteiger partial charge in [0.1, 0.15) is 24.6 Å². The van der Waals surface area contributed by atoms with E-state index in [1.165, 1.54) is 7.11 Å². The number of para-hydroxylation sites is 1. The molecule has 2 aromatic carbocycles. The molecule has 1 atom stereocenters. The van der Waals surface area contributed by atoms with Gasteiger partial charge in [-0.2, -0.15) is 0 Å². The zero-order valence-electron chi connectivity index (χ0n) is 17.8. The number of nitrogens with one attached hydrogen (secondary N) is 1. The summed E-state index contributed by atoms with van der Waals surface area (Å²) in [5.74, 6) is 0.565. The molecule has 1 aliphatic rings. The van der Waals surface area contributed by atoms with E-state index in [0.29, 0.717) is 31.9 Å². The van der Waals surface area contributed by atoms with E-state index in [1.54, 1.807) is 4.90 Å². The first-order valence-corrected chi connectivity index (χ1v) is 10.5. The van der Waals surface area contributed by atoms with E-state index in [2.05, 4.69) is 34.1 Å². The van der Waals surface area contributed by atoms with E-state index in [4.69, 9.17) is 9.47 Å². The monoisotopic (exact) mass is 423 g/mol. The van der Waals surface area contributed by atoms with Crippen molar-refractivity contribution in [2.45, 2.75) is 12.1 Å². The van der Waals surface area contributed by atoms with Crippen molar-refractivity contribution in [3.63, 3.8) is 0 Å². The van der Waals surface area contributed by atoms with Crippen LogP contribution in [-0.4, -0.2) is 77.9 Å². The molecule has 0 radical (unpaired) electrons. The van der Waals surface area contributed by atoms with Crippen molar-refractivity contribution >= 4 is 16.8 Å². The lowest BCUT2D eigenvalue weighted by Crippen LogP contribution is -2.52. The number of rotatable bonds is 7. The van der Waals surface area contributed by atoms with E-state index in [1.807, 2.05) is 36.5 Å². The molecule has 2 heterocycles. The number of carbonyl (C=O) groups is 1. The molecule has 1 amide bonds. The topological polar surface area (TPSA) is 78.0 Å². The summed E-state index contributed by atoms with van der Waals surface area (Å²) >= 11 is 0. The number of carbonyl (C=O) groups excluding carboxylic acids is 1. The predicted molar refractivity (Wildman–Crippen MR) is 119 cm³/mol. The second-order valence-corrected chi connectivity index (χ2v) is 8.18. The van der Waals surface area contributed by atoms with Gasteiger partial charge in [0, 0.05) is 45.0 Å². The Hall–Kier alpha value is -2.87. The molecule has 0 bridgehead atoms. The number of aromatic amines is 1. The summed E-state index contributed by atoms with van der Waals surface area (Å²) in [5.41, 5.74) is 1.06. The van der Waals surface area contributed by atoms with Gasteiger partial charge in [-0.1, -0.05) is 24.3 Å². The average molecular weight is 424 g/mol. The molecule has 1 saturated heterocycles. The number of benzene rings is 2. The smallest absolute Gasteiger partial charge is 0.248 e. The van der Waals surface area contributed by atoms with Crippen LogP contribution >= 0.6 is 0 Å². The number of hydrogen-bond acceptors (Lipinski definition) is 5. The lowest BCUT2D eigenvalue weighted by molar-refractivity contribution is -0.138. The van der Waals surface area contributed by atoms with Crippen LogP contribution in [0.25, 0.3) is 10.9 Å². The molecular weight excluding hydrogens is 394 g/mol. The summed E-state index contributed by atoms with van der Waals surface area (Å²) in [4.78, 5) is 19.6. The van der Waals surface area contributed by atoms with Gasteiger partial charge in [-0.25, -0.2) is 0 Å². The van der Waals surface area contributed by atoms with Gasteiger partial charge in [-0.15, -0.1) is 0 Å². The molecule has 1 aromatic heterocycles. The Balaban J connectivity index is 1.51. The number of hydrogen-bond donors (Lipinski definition) is 2. The van der Waals surface area contributed by atoms with Crippen LogP contribution < -0.4 is 4.74 Å². The van der Waals surface area contributed by atoms with Crippen molar-refractivity contribution in [3.05, 3.63) is 66.4 Å². The molecular formula is C24H29N3O4. The fourth-order valence-electron chi connectivity index (χ4n) is 4.09. The molecule has 2 N–H and O–H groups in total. The summed E-state index contributed by atoms with van der Waals surface area (Å²) in [6.45, 7) is 2.58. The number of methoxy groups -OCH3 is 1. The quantitative estimate of drug-likeness (QED) is 0.610. The summed E-state index contributed by atoms with van der Waals surface area (Å²) in [7, 11) is 1.50. The molecule has 1 unspecified atom stereocenters.